The predicted octanol–water partition coefficient (Wildman–Crippen LogP) is 4.01. The number of rotatable bonds is 6. The first-order valence-corrected chi connectivity index (χ1v) is 8.11. The fraction of sp³-hybridized carbons (Fsp3) is 0.722. The second kappa shape index (κ2) is 7.26. The molecule has 0 aliphatic carbocycles. The molecule has 1 aromatic rings. The van der Waals surface area contributed by atoms with E-state index in [1.165, 1.54) is 11.3 Å². The fourth-order valence-electron chi connectivity index (χ4n) is 2.12. The highest BCUT2D eigenvalue weighted by molar-refractivity contribution is 5.43. The first-order chi connectivity index (χ1) is 9.64. The third-order valence-corrected chi connectivity index (χ3v) is 4.05. The van der Waals surface area contributed by atoms with Gasteiger partial charge >= 0.3 is 0 Å². The standard InChI is InChI=1S/C18H33N3/c1-9-16-10-15(12-19-18(5,6)7)11-17(20-16)21(8)14(4)13(2)3/h10-11,13-14,19H,9,12H2,1-8H3. The summed E-state index contributed by atoms with van der Waals surface area (Å²) in [6.45, 7) is 16.4. The number of pyridine rings is 1. The largest absolute Gasteiger partial charge is 0.357 e. The normalized spacial score (nSPS) is 13.6. The van der Waals surface area contributed by atoms with Gasteiger partial charge in [-0.05, 0) is 57.7 Å². The van der Waals surface area contributed by atoms with Crippen LogP contribution in [0.5, 0.6) is 0 Å². The van der Waals surface area contributed by atoms with Crippen LogP contribution in [0.15, 0.2) is 12.1 Å². The zero-order valence-electron chi connectivity index (χ0n) is 15.1. The van der Waals surface area contributed by atoms with E-state index in [0.29, 0.717) is 12.0 Å². The second-order valence-corrected chi connectivity index (χ2v) is 7.38. The lowest BCUT2D eigenvalue weighted by molar-refractivity contribution is 0.424. The molecule has 1 unspecified atom stereocenters. The molecular formula is C18H33N3. The van der Waals surface area contributed by atoms with Gasteiger partial charge in [0.2, 0.25) is 0 Å². The van der Waals surface area contributed by atoms with Gasteiger partial charge in [0.1, 0.15) is 5.82 Å². The van der Waals surface area contributed by atoms with Gasteiger partial charge in [-0.3, -0.25) is 0 Å². The van der Waals surface area contributed by atoms with Crippen molar-refractivity contribution in [2.45, 2.75) is 73.0 Å². The van der Waals surface area contributed by atoms with Crippen molar-refractivity contribution in [2.24, 2.45) is 5.92 Å². The van der Waals surface area contributed by atoms with E-state index in [-0.39, 0.29) is 5.54 Å². The topological polar surface area (TPSA) is 28.2 Å². The van der Waals surface area contributed by atoms with E-state index in [0.717, 1.165) is 18.8 Å². The van der Waals surface area contributed by atoms with Crippen molar-refractivity contribution < 1.29 is 0 Å². The van der Waals surface area contributed by atoms with E-state index in [2.05, 4.69) is 77.9 Å². The van der Waals surface area contributed by atoms with Crippen molar-refractivity contribution in [1.82, 2.24) is 10.3 Å². The minimum Gasteiger partial charge on any atom is -0.357 e. The molecule has 0 amide bonds. The molecule has 0 saturated heterocycles. The van der Waals surface area contributed by atoms with Gasteiger partial charge in [0, 0.05) is 30.9 Å². The SMILES string of the molecule is CCc1cc(CNC(C)(C)C)cc(N(C)C(C)C(C)C)n1. The van der Waals surface area contributed by atoms with Gasteiger partial charge in [-0.25, -0.2) is 4.98 Å². The minimum atomic E-state index is 0.132. The van der Waals surface area contributed by atoms with Crippen LogP contribution in [0.2, 0.25) is 0 Å². The lowest BCUT2D eigenvalue weighted by atomic mass is 10.0. The van der Waals surface area contributed by atoms with Gasteiger partial charge in [0.25, 0.3) is 0 Å². The van der Waals surface area contributed by atoms with Gasteiger partial charge < -0.3 is 10.2 Å². The van der Waals surface area contributed by atoms with Crippen LogP contribution in [0.4, 0.5) is 5.82 Å². The van der Waals surface area contributed by atoms with E-state index >= 15 is 0 Å². The maximum atomic E-state index is 4.80. The molecule has 0 radical (unpaired) electrons. The summed E-state index contributed by atoms with van der Waals surface area (Å²) in [6, 6.07) is 4.92. The molecule has 1 rings (SSSR count). The Morgan fingerprint density at radius 1 is 1.19 bits per heavy atom. The van der Waals surface area contributed by atoms with E-state index in [4.69, 9.17) is 4.98 Å². The Morgan fingerprint density at radius 3 is 2.29 bits per heavy atom. The average molecular weight is 291 g/mol. The number of anilines is 1. The van der Waals surface area contributed by atoms with Crippen LogP contribution >= 0.6 is 0 Å². The molecule has 0 aromatic carbocycles. The molecular weight excluding hydrogens is 258 g/mol. The summed E-state index contributed by atoms with van der Waals surface area (Å²) < 4.78 is 0. The Labute approximate surface area is 131 Å². The van der Waals surface area contributed by atoms with Crippen LogP contribution in [0.1, 0.15) is 59.7 Å². The molecule has 0 fully saturated rings. The third-order valence-electron chi connectivity index (χ3n) is 4.05. The van der Waals surface area contributed by atoms with Gasteiger partial charge in [-0.15, -0.1) is 0 Å². The molecule has 0 aliphatic heterocycles. The monoisotopic (exact) mass is 291 g/mol. The highest BCUT2D eigenvalue weighted by atomic mass is 15.2. The Balaban J connectivity index is 2.99. The van der Waals surface area contributed by atoms with Crippen molar-refractivity contribution in [3.8, 4) is 0 Å². The van der Waals surface area contributed by atoms with Crippen molar-refractivity contribution in [1.29, 1.82) is 0 Å². The number of hydrogen-bond acceptors (Lipinski definition) is 3. The summed E-state index contributed by atoms with van der Waals surface area (Å²) in [5.74, 6) is 1.69. The molecule has 0 saturated carbocycles. The fourth-order valence-corrected chi connectivity index (χ4v) is 2.12. The average Bonchev–Trinajstić information content (AvgIpc) is 2.42. The number of hydrogen-bond donors (Lipinski definition) is 1. The molecule has 0 bridgehead atoms. The molecule has 3 nitrogen and oxygen atoms in total. The number of aryl methyl sites for hydroxylation is 1. The summed E-state index contributed by atoms with van der Waals surface area (Å²) in [4.78, 5) is 7.09. The zero-order valence-corrected chi connectivity index (χ0v) is 15.1. The van der Waals surface area contributed by atoms with Crippen molar-refractivity contribution >= 4 is 5.82 Å². The zero-order chi connectivity index (χ0) is 16.2. The Morgan fingerprint density at radius 2 is 1.81 bits per heavy atom. The van der Waals surface area contributed by atoms with Gasteiger partial charge in [0.05, 0.1) is 0 Å². The molecule has 3 heteroatoms. The summed E-state index contributed by atoms with van der Waals surface area (Å²) in [7, 11) is 2.15. The second-order valence-electron chi connectivity index (χ2n) is 7.38. The van der Waals surface area contributed by atoms with Crippen LogP contribution in [-0.2, 0) is 13.0 Å². The quantitative estimate of drug-likeness (QED) is 0.858. The summed E-state index contributed by atoms with van der Waals surface area (Å²) in [5.41, 5.74) is 2.61. The summed E-state index contributed by atoms with van der Waals surface area (Å²) >= 11 is 0. The molecule has 21 heavy (non-hydrogen) atoms. The lowest BCUT2D eigenvalue weighted by Crippen LogP contribution is -2.36. The highest BCUT2D eigenvalue weighted by Gasteiger charge is 2.16. The molecule has 1 atom stereocenters. The third kappa shape index (κ3) is 5.66. The number of aromatic nitrogens is 1. The van der Waals surface area contributed by atoms with E-state index < -0.39 is 0 Å². The van der Waals surface area contributed by atoms with E-state index in [1.54, 1.807) is 0 Å². The first kappa shape index (κ1) is 18.0. The summed E-state index contributed by atoms with van der Waals surface area (Å²) in [5, 5.41) is 3.56. The van der Waals surface area contributed by atoms with Gasteiger partial charge in [-0.2, -0.15) is 0 Å². The van der Waals surface area contributed by atoms with Gasteiger partial charge in [-0.1, -0.05) is 20.8 Å². The Hall–Kier alpha value is -1.09. The molecule has 1 N–H and O–H groups in total. The van der Waals surface area contributed by atoms with Crippen molar-refractivity contribution in [2.75, 3.05) is 11.9 Å². The Kier molecular flexibility index (Phi) is 6.21. The highest BCUT2D eigenvalue weighted by Crippen LogP contribution is 2.20. The van der Waals surface area contributed by atoms with Crippen LogP contribution < -0.4 is 10.2 Å². The maximum Gasteiger partial charge on any atom is 0.129 e. The van der Waals surface area contributed by atoms with Crippen LogP contribution in [0, 0.1) is 5.92 Å². The van der Waals surface area contributed by atoms with Crippen LogP contribution in [0.25, 0.3) is 0 Å². The molecule has 1 heterocycles. The van der Waals surface area contributed by atoms with Gasteiger partial charge in [0.15, 0.2) is 0 Å². The number of nitrogens with zero attached hydrogens (tertiary/aromatic N) is 2. The predicted molar refractivity (Wildman–Crippen MR) is 92.9 cm³/mol. The minimum absolute atomic E-state index is 0.132. The van der Waals surface area contributed by atoms with E-state index in [9.17, 15) is 0 Å². The maximum absolute atomic E-state index is 4.80. The number of nitrogens with one attached hydrogen (secondary N) is 1. The molecule has 0 spiro atoms. The summed E-state index contributed by atoms with van der Waals surface area (Å²) in [6.07, 6.45) is 0.972. The lowest BCUT2D eigenvalue weighted by Gasteiger charge is -2.30. The van der Waals surface area contributed by atoms with Crippen LogP contribution in [-0.4, -0.2) is 23.6 Å². The van der Waals surface area contributed by atoms with Crippen molar-refractivity contribution in [3.63, 3.8) is 0 Å². The van der Waals surface area contributed by atoms with Crippen LogP contribution in [0.3, 0.4) is 0 Å². The molecule has 1 aromatic heterocycles. The molecule has 0 aliphatic rings. The first-order valence-electron chi connectivity index (χ1n) is 8.11. The Bertz CT molecular complexity index is 446. The molecule has 120 valence electrons. The van der Waals surface area contributed by atoms with E-state index in [1.807, 2.05) is 0 Å². The smallest absolute Gasteiger partial charge is 0.129 e. The van der Waals surface area contributed by atoms with Crippen molar-refractivity contribution in [3.05, 3.63) is 23.4 Å².